The maximum absolute atomic E-state index is 12.0. The first kappa shape index (κ1) is 13.5. The molecule has 0 radical (unpaired) electrons. The van der Waals surface area contributed by atoms with Crippen LogP contribution in [0.5, 0.6) is 0 Å². The maximum atomic E-state index is 12.0. The molecule has 2 heterocycles. The predicted molar refractivity (Wildman–Crippen MR) is 70.4 cm³/mol. The van der Waals surface area contributed by atoms with E-state index in [0.717, 1.165) is 13.1 Å². The van der Waals surface area contributed by atoms with Crippen molar-refractivity contribution in [1.29, 1.82) is 0 Å². The van der Waals surface area contributed by atoms with Crippen molar-refractivity contribution in [3.63, 3.8) is 0 Å². The zero-order valence-corrected chi connectivity index (χ0v) is 11.1. The molecule has 0 aliphatic carbocycles. The molecule has 1 atom stereocenters. The number of likely N-dealkylation sites (N-methyl/N-ethyl adjacent to an activating group) is 1. The summed E-state index contributed by atoms with van der Waals surface area (Å²) in [5.41, 5.74) is 0.619. The number of nitrogens with one attached hydrogen (secondary N) is 3. The number of amides is 2. The molecule has 1 aromatic heterocycles. The van der Waals surface area contributed by atoms with E-state index >= 15 is 0 Å². The fourth-order valence-electron chi connectivity index (χ4n) is 1.88. The van der Waals surface area contributed by atoms with Crippen molar-refractivity contribution in [2.75, 3.05) is 25.5 Å². The number of hydrogen-bond acceptors (Lipinski definition) is 4. The molecule has 19 heavy (non-hydrogen) atoms. The van der Waals surface area contributed by atoms with Crippen LogP contribution < -0.4 is 16.0 Å². The molecule has 1 fully saturated rings. The Hall–Kier alpha value is -1.89. The van der Waals surface area contributed by atoms with E-state index in [1.54, 1.807) is 19.4 Å². The van der Waals surface area contributed by atoms with Crippen molar-refractivity contribution in [3.8, 4) is 0 Å². The van der Waals surface area contributed by atoms with E-state index in [1.165, 1.54) is 4.68 Å². The van der Waals surface area contributed by atoms with E-state index in [1.807, 2.05) is 6.92 Å². The SMILES string of the molecule is CNC(=O)Cn1cc(NC(=O)C(C)C2CNC2)cn1. The number of rotatable bonds is 5. The first-order chi connectivity index (χ1) is 9.10. The Morgan fingerprint density at radius 2 is 2.32 bits per heavy atom. The molecule has 104 valence electrons. The second-order valence-corrected chi connectivity index (χ2v) is 4.80. The van der Waals surface area contributed by atoms with Gasteiger partial charge in [0.2, 0.25) is 11.8 Å². The zero-order chi connectivity index (χ0) is 13.8. The van der Waals surface area contributed by atoms with Gasteiger partial charge in [-0.05, 0) is 19.0 Å². The number of nitrogens with zero attached hydrogens (tertiary/aromatic N) is 2. The third-order valence-electron chi connectivity index (χ3n) is 3.42. The minimum absolute atomic E-state index is 0.00834. The van der Waals surface area contributed by atoms with Crippen molar-refractivity contribution < 1.29 is 9.59 Å². The maximum Gasteiger partial charge on any atom is 0.241 e. The highest BCUT2D eigenvalue weighted by Gasteiger charge is 2.28. The van der Waals surface area contributed by atoms with Crippen LogP contribution in [0.2, 0.25) is 0 Å². The van der Waals surface area contributed by atoms with Crippen LogP contribution in [0.1, 0.15) is 6.92 Å². The van der Waals surface area contributed by atoms with Crippen LogP contribution in [0.4, 0.5) is 5.69 Å². The van der Waals surface area contributed by atoms with Crippen LogP contribution in [-0.2, 0) is 16.1 Å². The van der Waals surface area contributed by atoms with Crippen LogP contribution in [0, 0.1) is 11.8 Å². The Labute approximate surface area is 111 Å². The molecule has 2 rings (SSSR count). The lowest BCUT2D eigenvalue weighted by Gasteiger charge is -2.31. The highest BCUT2D eigenvalue weighted by atomic mass is 16.2. The molecule has 0 spiro atoms. The topological polar surface area (TPSA) is 88.0 Å². The molecule has 7 heteroatoms. The minimum atomic E-state index is -0.130. The molecule has 3 N–H and O–H groups in total. The van der Waals surface area contributed by atoms with Crippen molar-refractivity contribution in [2.24, 2.45) is 11.8 Å². The normalized spacial score (nSPS) is 16.5. The van der Waals surface area contributed by atoms with Crippen LogP contribution in [0.25, 0.3) is 0 Å². The molecule has 0 aromatic carbocycles. The number of hydrogen-bond donors (Lipinski definition) is 3. The molecule has 7 nitrogen and oxygen atoms in total. The molecule has 0 bridgehead atoms. The second-order valence-electron chi connectivity index (χ2n) is 4.80. The monoisotopic (exact) mass is 265 g/mol. The van der Waals surface area contributed by atoms with E-state index in [0.29, 0.717) is 11.6 Å². The highest BCUT2D eigenvalue weighted by molar-refractivity contribution is 5.92. The fraction of sp³-hybridized carbons (Fsp3) is 0.583. The van der Waals surface area contributed by atoms with E-state index < -0.39 is 0 Å². The molecular weight excluding hydrogens is 246 g/mol. The van der Waals surface area contributed by atoms with Crippen LogP contribution in [-0.4, -0.2) is 41.7 Å². The lowest BCUT2D eigenvalue weighted by atomic mass is 9.88. The fourth-order valence-corrected chi connectivity index (χ4v) is 1.88. The zero-order valence-electron chi connectivity index (χ0n) is 11.1. The summed E-state index contributed by atoms with van der Waals surface area (Å²) in [7, 11) is 1.57. The smallest absolute Gasteiger partial charge is 0.241 e. The van der Waals surface area contributed by atoms with Gasteiger partial charge in [0.1, 0.15) is 6.54 Å². The second kappa shape index (κ2) is 5.83. The van der Waals surface area contributed by atoms with Gasteiger partial charge in [0.15, 0.2) is 0 Å². The number of carbonyl (C=O) groups is 2. The lowest BCUT2D eigenvalue weighted by molar-refractivity contribution is -0.122. The largest absolute Gasteiger partial charge is 0.358 e. The standard InChI is InChI=1S/C12H19N5O2/c1-8(9-3-14-4-9)12(19)16-10-5-15-17(6-10)7-11(18)13-2/h5-6,8-9,14H,3-4,7H2,1-2H3,(H,13,18)(H,16,19). The van der Waals surface area contributed by atoms with Gasteiger partial charge < -0.3 is 16.0 Å². The van der Waals surface area contributed by atoms with Crippen LogP contribution in [0.15, 0.2) is 12.4 Å². The first-order valence-electron chi connectivity index (χ1n) is 6.34. The molecule has 0 saturated carbocycles. The van der Waals surface area contributed by atoms with Gasteiger partial charge in [0, 0.05) is 19.2 Å². The quantitative estimate of drug-likeness (QED) is 0.665. The van der Waals surface area contributed by atoms with Crippen LogP contribution >= 0.6 is 0 Å². The summed E-state index contributed by atoms with van der Waals surface area (Å²) in [6, 6.07) is 0. The summed E-state index contributed by atoms with van der Waals surface area (Å²) >= 11 is 0. The van der Waals surface area contributed by atoms with Gasteiger partial charge in [-0.2, -0.15) is 5.10 Å². The van der Waals surface area contributed by atoms with Gasteiger partial charge >= 0.3 is 0 Å². The molecule has 2 amide bonds. The highest BCUT2D eigenvalue weighted by Crippen LogP contribution is 2.18. The summed E-state index contributed by atoms with van der Waals surface area (Å²) in [6.07, 6.45) is 3.20. The van der Waals surface area contributed by atoms with Crippen molar-refractivity contribution in [3.05, 3.63) is 12.4 Å². The Morgan fingerprint density at radius 3 is 2.89 bits per heavy atom. The summed E-state index contributed by atoms with van der Waals surface area (Å²) in [5, 5.41) is 12.5. The van der Waals surface area contributed by atoms with Gasteiger partial charge in [0.05, 0.1) is 11.9 Å². The lowest BCUT2D eigenvalue weighted by Crippen LogP contribution is -2.48. The van der Waals surface area contributed by atoms with E-state index in [-0.39, 0.29) is 24.3 Å². The summed E-state index contributed by atoms with van der Waals surface area (Å²) < 4.78 is 1.49. The Balaban J connectivity index is 1.88. The minimum Gasteiger partial charge on any atom is -0.358 e. The average molecular weight is 265 g/mol. The molecular formula is C12H19N5O2. The molecule has 1 unspecified atom stereocenters. The van der Waals surface area contributed by atoms with Gasteiger partial charge in [-0.25, -0.2) is 0 Å². The Bertz CT molecular complexity index is 466. The van der Waals surface area contributed by atoms with E-state index in [4.69, 9.17) is 0 Å². The Morgan fingerprint density at radius 1 is 1.58 bits per heavy atom. The van der Waals surface area contributed by atoms with Crippen molar-refractivity contribution in [1.82, 2.24) is 20.4 Å². The third kappa shape index (κ3) is 3.31. The summed E-state index contributed by atoms with van der Waals surface area (Å²) in [5.74, 6) is 0.241. The number of anilines is 1. The van der Waals surface area contributed by atoms with Crippen molar-refractivity contribution in [2.45, 2.75) is 13.5 Å². The first-order valence-corrected chi connectivity index (χ1v) is 6.34. The molecule has 1 aliphatic heterocycles. The Kier molecular flexibility index (Phi) is 4.16. The third-order valence-corrected chi connectivity index (χ3v) is 3.42. The van der Waals surface area contributed by atoms with Gasteiger partial charge in [-0.1, -0.05) is 6.92 Å². The van der Waals surface area contributed by atoms with Crippen LogP contribution in [0.3, 0.4) is 0 Å². The van der Waals surface area contributed by atoms with E-state index in [9.17, 15) is 9.59 Å². The predicted octanol–water partition coefficient (Wildman–Crippen LogP) is -0.577. The number of carbonyl (C=O) groups excluding carboxylic acids is 2. The molecule has 1 aliphatic rings. The molecule has 1 saturated heterocycles. The molecule has 1 aromatic rings. The van der Waals surface area contributed by atoms with Gasteiger partial charge in [-0.15, -0.1) is 0 Å². The summed E-state index contributed by atoms with van der Waals surface area (Å²) in [4.78, 5) is 23.2. The van der Waals surface area contributed by atoms with Gasteiger partial charge in [-0.3, -0.25) is 14.3 Å². The van der Waals surface area contributed by atoms with Gasteiger partial charge in [0.25, 0.3) is 0 Å². The average Bonchev–Trinajstić information content (AvgIpc) is 2.73. The summed E-state index contributed by atoms with van der Waals surface area (Å²) in [6.45, 7) is 3.86. The van der Waals surface area contributed by atoms with Crippen molar-refractivity contribution >= 4 is 17.5 Å². The van der Waals surface area contributed by atoms with E-state index in [2.05, 4.69) is 21.0 Å². The number of aromatic nitrogens is 2.